The number of hydrogen-bond acceptors (Lipinski definition) is 8. The van der Waals surface area contributed by atoms with Crippen LogP contribution in [0.25, 0.3) is 11.0 Å². The van der Waals surface area contributed by atoms with Crippen molar-refractivity contribution in [2.45, 2.75) is 31.8 Å². The molecule has 9 heteroatoms. The van der Waals surface area contributed by atoms with Crippen LogP contribution in [0.3, 0.4) is 0 Å². The number of carbonyl (C=O) groups excluding carboxylic acids is 2. The predicted octanol–water partition coefficient (Wildman–Crippen LogP) is 3.48. The van der Waals surface area contributed by atoms with Gasteiger partial charge in [-0.2, -0.15) is 0 Å². The fraction of sp³-hybridized carbons (Fsp3) is 0.346. The zero-order valence-corrected chi connectivity index (χ0v) is 19.4. The van der Waals surface area contributed by atoms with Crippen LogP contribution in [-0.4, -0.2) is 44.8 Å². The van der Waals surface area contributed by atoms with Gasteiger partial charge in [0.25, 0.3) is 5.91 Å². The van der Waals surface area contributed by atoms with Gasteiger partial charge in [-0.3, -0.25) is 9.59 Å². The molecule has 2 aromatic carbocycles. The van der Waals surface area contributed by atoms with Gasteiger partial charge in [0, 0.05) is 31.0 Å². The lowest BCUT2D eigenvalue weighted by molar-refractivity contribution is -0.134. The molecule has 4 rings (SSSR count). The number of nitrogens with one attached hydrogen (secondary N) is 1. The fourth-order valence-corrected chi connectivity index (χ4v) is 3.68. The second kappa shape index (κ2) is 11.5. The highest BCUT2D eigenvalue weighted by Crippen LogP contribution is 2.22. The van der Waals surface area contributed by atoms with Crippen LogP contribution in [0.1, 0.15) is 36.0 Å². The first kappa shape index (κ1) is 24.3. The first-order valence-electron chi connectivity index (χ1n) is 11.5. The number of benzene rings is 2. The highest BCUT2D eigenvalue weighted by atomic mass is 16.5. The van der Waals surface area contributed by atoms with Crippen molar-refractivity contribution < 1.29 is 33.0 Å². The Kier molecular flexibility index (Phi) is 7.99. The van der Waals surface area contributed by atoms with Crippen molar-refractivity contribution in [3.05, 3.63) is 64.5 Å². The maximum absolute atomic E-state index is 12.4. The van der Waals surface area contributed by atoms with E-state index in [1.54, 1.807) is 43.5 Å². The molecule has 184 valence electrons. The van der Waals surface area contributed by atoms with Crippen LogP contribution in [0.15, 0.2) is 57.7 Å². The molecule has 1 saturated heterocycles. The summed E-state index contributed by atoms with van der Waals surface area (Å²) in [5.41, 5.74) is -0.627. The molecule has 9 nitrogen and oxygen atoms in total. The second-order valence-corrected chi connectivity index (χ2v) is 8.09. The Hall–Kier alpha value is -3.85. The van der Waals surface area contributed by atoms with Crippen LogP contribution >= 0.6 is 0 Å². The third-order valence-corrected chi connectivity index (χ3v) is 5.55. The minimum atomic E-state index is -0.763. The topological polar surface area (TPSA) is 113 Å². The van der Waals surface area contributed by atoms with E-state index in [4.69, 9.17) is 23.4 Å². The first-order chi connectivity index (χ1) is 17.0. The van der Waals surface area contributed by atoms with Crippen molar-refractivity contribution >= 4 is 22.8 Å². The highest BCUT2D eigenvalue weighted by molar-refractivity contribution is 5.96. The van der Waals surface area contributed by atoms with Crippen LogP contribution < -0.4 is 25.2 Å². The average molecular weight is 482 g/mol. The van der Waals surface area contributed by atoms with Crippen molar-refractivity contribution in [1.82, 2.24) is 5.32 Å². The van der Waals surface area contributed by atoms with E-state index in [2.05, 4.69) is 5.32 Å². The van der Waals surface area contributed by atoms with Gasteiger partial charge in [-0.25, -0.2) is 4.79 Å². The Labute approximate surface area is 201 Å². The lowest BCUT2D eigenvalue weighted by atomic mass is 10.1. The molecule has 0 radical (unpaired) electrons. The van der Waals surface area contributed by atoms with Crippen LogP contribution in [0.5, 0.6) is 17.2 Å². The summed E-state index contributed by atoms with van der Waals surface area (Å²) in [7, 11) is 1.59. The minimum absolute atomic E-state index is 0.0299. The number of esters is 1. The van der Waals surface area contributed by atoms with Gasteiger partial charge in [-0.1, -0.05) is 0 Å². The third kappa shape index (κ3) is 6.60. The predicted molar refractivity (Wildman–Crippen MR) is 127 cm³/mol. The quantitative estimate of drug-likeness (QED) is 0.203. The lowest BCUT2D eigenvalue weighted by Gasteiger charge is -2.10. The van der Waals surface area contributed by atoms with Gasteiger partial charge in [-0.15, -0.1) is 0 Å². The van der Waals surface area contributed by atoms with Crippen molar-refractivity contribution in [3.63, 3.8) is 0 Å². The van der Waals surface area contributed by atoms with Crippen molar-refractivity contribution in [2.75, 3.05) is 26.9 Å². The minimum Gasteiger partial charge on any atom is -0.497 e. The Bertz CT molecular complexity index is 1230. The average Bonchev–Trinajstić information content (AvgIpc) is 3.39. The summed E-state index contributed by atoms with van der Waals surface area (Å²) in [6.45, 7) is 1.38. The summed E-state index contributed by atoms with van der Waals surface area (Å²) in [4.78, 5) is 36.9. The molecule has 35 heavy (non-hydrogen) atoms. The molecule has 1 aliphatic heterocycles. The van der Waals surface area contributed by atoms with E-state index in [-0.39, 0.29) is 29.4 Å². The SMILES string of the molecule is COc1ccc(OCCCC(=O)Oc2ccc3cc(C(=O)NCC4CCCO4)c(=O)oc3c2)cc1. The molecule has 0 bridgehead atoms. The molecule has 1 unspecified atom stereocenters. The van der Waals surface area contributed by atoms with E-state index >= 15 is 0 Å². The Morgan fingerprint density at radius 2 is 1.83 bits per heavy atom. The molecular weight excluding hydrogens is 454 g/mol. The number of methoxy groups -OCH3 is 1. The zero-order valence-electron chi connectivity index (χ0n) is 19.4. The largest absolute Gasteiger partial charge is 0.497 e. The van der Waals surface area contributed by atoms with Crippen molar-refractivity contribution in [2.24, 2.45) is 0 Å². The summed E-state index contributed by atoms with van der Waals surface area (Å²) < 4.78 is 26.8. The van der Waals surface area contributed by atoms with E-state index in [0.29, 0.717) is 37.3 Å². The summed E-state index contributed by atoms with van der Waals surface area (Å²) in [5.74, 6) is 0.723. The molecule has 1 aromatic heterocycles. The maximum Gasteiger partial charge on any atom is 0.349 e. The molecule has 0 saturated carbocycles. The number of fused-ring (bicyclic) bond motifs is 1. The molecule has 1 fully saturated rings. The molecule has 1 atom stereocenters. The molecule has 1 aliphatic rings. The standard InChI is InChI=1S/C26H27NO8/c1-31-18-8-10-19(11-9-18)32-13-3-5-24(28)34-20-7-6-17-14-22(26(30)35-23(17)15-20)25(29)27-16-21-4-2-12-33-21/h6-11,14-15,21H,2-5,12-13,16H2,1H3,(H,27,29). The monoisotopic (exact) mass is 481 g/mol. The van der Waals surface area contributed by atoms with E-state index in [1.807, 2.05) is 0 Å². The molecule has 1 N–H and O–H groups in total. The van der Waals surface area contributed by atoms with E-state index < -0.39 is 17.5 Å². The molecular formula is C26H27NO8. The summed E-state index contributed by atoms with van der Waals surface area (Å²) in [6, 6.07) is 13.3. The molecule has 0 spiro atoms. The van der Waals surface area contributed by atoms with Crippen molar-refractivity contribution in [3.8, 4) is 17.2 Å². The Morgan fingerprint density at radius 3 is 2.57 bits per heavy atom. The zero-order chi connectivity index (χ0) is 24.6. The van der Waals surface area contributed by atoms with Gasteiger partial charge < -0.3 is 28.7 Å². The van der Waals surface area contributed by atoms with Gasteiger partial charge in [0.1, 0.15) is 28.4 Å². The normalized spacial score (nSPS) is 15.1. The smallest absolute Gasteiger partial charge is 0.349 e. The van der Waals surface area contributed by atoms with Crippen LogP contribution in [0.4, 0.5) is 0 Å². The number of amides is 1. The Morgan fingerprint density at radius 1 is 1.06 bits per heavy atom. The number of hydrogen-bond donors (Lipinski definition) is 1. The van der Waals surface area contributed by atoms with E-state index in [9.17, 15) is 14.4 Å². The summed E-state index contributed by atoms with van der Waals surface area (Å²) >= 11 is 0. The Balaban J connectivity index is 1.28. The molecule has 0 aliphatic carbocycles. The third-order valence-electron chi connectivity index (χ3n) is 5.55. The van der Waals surface area contributed by atoms with Crippen LogP contribution in [0, 0.1) is 0 Å². The van der Waals surface area contributed by atoms with Gasteiger partial charge in [0.2, 0.25) is 0 Å². The van der Waals surface area contributed by atoms with E-state index in [1.165, 1.54) is 12.1 Å². The number of rotatable bonds is 10. The summed E-state index contributed by atoms with van der Waals surface area (Å²) in [6.07, 6.45) is 2.44. The van der Waals surface area contributed by atoms with Gasteiger partial charge >= 0.3 is 11.6 Å². The van der Waals surface area contributed by atoms with Gasteiger partial charge in [0.05, 0.1) is 19.8 Å². The lowest BCUT2D eigenvalue weighted by Crippen LogP contribution is -2.34. The number of ether oxygens (including phenoxy) is 4. The highest BCUT2D eigenvalue weighted by Gasteiger charge is 2.19. The number of carbonyl (C=O) groups is 2. The van der Waals surface area contributed by atoms with Crippen LogP contribution in [-0.2, 0) is 9.53 Å². The second-order valence-electron chi connectivity index (χ2n) is 8.09. The van der Waals surface area contributed by atoms with Crippen LogP contribution in [0.2, 0.25) is 0 Å². The van der Waals surface area contributed by atoms with Gasteiger partial charge in [-0.05, 0) is 61.7 Å². The molecule has 3 aromatic rings. The first-order valence-corrected chi connectivity index (χ1v) is 11.5. The summed E-state index contributed by atoms with van der Waals surface area (Å²) in [5, 5.41) is 3.26. The fourth-order valence-electron chi connectivity index (χ4n) is 3.68. The molecule has 1 amide bonds. The van der Waals surface area contributed by atoms with Crippen molar-refractivity contribution in [1.29, 1.82) is 0 Å². The van der Waals surface area contributed by atoms with Gasteiger partial charge in [0.15, 0.2) is 0 Å². The van der Waals surface area contributed by atoms with E-state index in [0.717, 1.165) is 18.6 Å². The maximum atomic E-state index is 12.4. The molecule has 2 heterocycles.